The zero-order valence-electron chi connectivity index (χ0n) is 16.4. The Balaban J connectivity index is 1.53. The fraction of sp³-hybridized carbons (Fsp3) is 0.227. The van der Waals surface area contributed by atoms with Crippen LogP contribution in [-0.4, -0.2) is 28.1 Å². The van der Waals surface area contributed by atoms with E-state index in [9.17, 15) is 22.8 Å². The number of amides is 2. The SMILES string of the molecule is NC(=O)c1cccc(CCc2cnn3c2C(=O)N(c2ccc(C(F)(F)F)cc2)CC3)c1. The molecule has 0 aliphatic carbocycles. The molecule has 0 atom stereocenters. The predicted molar refractivity (Wildman–Crippen MR) is 108 cm³/mol. The molecule has 0 bridgehead atoms. The molecule has 1 aromatic heterocycles. The van der Waals surface area contributed by atoms with Crippen LogP contribution in [0, 0.1) is 0 Å². The van der Waals surface area contributed by atoms with Gasteiger partial charge in [-0.2, -0.15) is 18.3 Å². The highest BCUT2D eigenvalue weighted by Crippen LogP contribution is 2.31. The van der Waals surface area contributed by atoms with Crippen LogP contribution in [0.3, 0.4) is 0 Å². The lowest BCUT2D eigenvalue weighted by molar-refractivity contribution is -0.137. The van der Waals surface area contributed by atoms with Crippen LogP contribution in [0.4, 0.5) is 18.9 Å². The van der Waals surface area contributed by atoms with Gasteiger partial charge in [-0.15, -0.1) is 0 Å². The van der Waals surface area contributed by atoms with Crippen LogP contribution in [0.15, 0.2) is 54.7 Å². The lowest BCUT2D eigenvalue weighted by atomic mass is 10.0. The Bertz CT molecular complexity index is 1140. The van der Waals surface area contributed by atoms with Crippen molar-refractivity contribution in [2.75, 3.05) is 11.4 Å². The van der Waals surface area contributed by atoms with Gasteiger partial charge in [-0.25, -0.2) is 0 Å². The average molecular weight is 428 g/mol. The number of aryl methyl sites for hydroxylation is 2. The predicted octanol–water partition coefficient (Wildman–Crippen LogP) is 3.45. The van der Waals surface area contributed by atoms with Crippen LogP contribution in [-0.2, 0) is 25.6 Å². The highest BCUT2D eigenvalue weighted by atomic mass is 19.4. The minimum atomic E-state index is -4.43. The molecule has 2 aromatic carbocycles. The summed E-state index contributed by atoms with van der Waals surface area (Å²) < 4.78 is 40.1. The molecule has 0 saturated carbocycles. The standard InChI is InChI=1S/C22H19F3N4O2/c23-22(24,25)17-6-8-18(9-7-17)28-10-11-29-19(21(28)31)16(13-27-29)5-4-14-2-1-3-15(12-14)20(26)30/h1-3,6-9,12-13H,4-5,10-11H2,(H2,26,30). The normalized spacial score (nSPS) is 13.9. The van der Waals surface area contributed by atoms with E-state index in [1.54, 1.807) is 29.1 Å². The summed E-state index contributed by atoms with van der Waals surface area (Å²) >= 11 is 0. The van der Waals surface area contributed by atoms with Crippen molar-refractivity contribution in [1.82, 2.24) is 9.78 Å². The summed E-state index contributed by atoms with van der Waals surface area (Å²) in [6.45, 7) is 0.762. The molecule has 0 unspecified atom stereocenters. The Hall–Kier alpha value is -3.62. The number of nitrogens with zero attached hydrogens (tertiary/aromatic N) is 3. The van der Waals surface area contributed by atoms with Crippen molar-refractivity contribution in [2.24, 2.45) is 5.73 Å². The third-order valence-electron chi connectivity index (χ3n) is 5.30. The first-order valence-electron chi connectivity index (χ1n) is 9.66. The van der Waals surface area contributed by atoms with Gasteiger partial charge >= 0.3 is 6.18 Å². The zero-order chi connectivity index (χ0) is 22.2. The van der Waals surface area contributed by atoms with E-state index >= 15 is 0 Å². The molecule has 3 aromatic rings. The lowest BCUT2D eigenvalue weighted by Gasteiger charge is -2.28. The van der Waals surface area contributed by atoms with Crippen molar-refractivity contribution in [3.05, 3.63) is 82.7 Å². The van der Waals surface area contributed by atoms with Gasteiger partial charge in [0, 0.05) is 23.4 Å². The fourth-order valence-electron chi connectivity index (χ4n) is 3.68. The van der Waals surface area contributed by atoms with Gasteiger partial charge in [0.25, 0.3) is 5.91 Å². The van der Waals surface area contributed by atoms with E-state index in [1.165, 1.54) is 17.0 Å². The van der Waals surface area contributed by atoms with E-state index < -0.39 is 17.6 Å². The maximum Gasteiger partial charge on any atom is 0.416 e. The monoisotopic (exact) mass is 428 g/mol. The summed E-state index contributed by atoms with van der Waals surface area (Å²) in [7, 11) is 0. The molecule has 9 heteroatoms. The van der Waals surface area contributed by atoms with Gasteiger partial charge in [-0.05, 0) is 54.8 Å². The number of halogens is 3. The highest BCUT2D eigenvalue weighted by Gasteiger charge is 2.32. The number of carbonyl (C=O) groups is 2. The summed E-state index contributed by atoms with van der Waals surface area (Å²) in [5, 5.41) is 4.29. The van der Waals surface area contributed by atoms with Crippen LogP contribution in [0.25, 0.3) is 0 Å². The second-order valence-electron chi connectivity index (χ2n) is 7.31. The van der Waals surface area contributed by atoms with Crippen LogP contribution >= 0.6 is 0 Å². The largest absolute Gasteiger partial charge is 0.416 e. The first-order chi connectivity index (χ1) is 14.7. The number of anilines is 1. The third-order valence-corrected chi connectivity index (χ3v) is 5.30. The Kier molecular flexibility index (Phi) is 5.26. The van der Waals surface area contributed by atoms with Crippen molar-refractivity contribution >= 4 is 17.5 Å². The molecule has 2 N–H and O–H groups in total. The first-order valence-corrected chi connectivity index (χ1v) is 9.66. The smallest absolute Gasteiger partial charge is 0.366 e. The number of nitrogens with two attached hydrogens (primary N) is 1. The average Bonchev–Trinajstić information content (AvgIpc) is 3.16. The van der Waals surface area contributed by atoms with E-state index in [-0.39, 0.29) is 5.91 Å². The molecule has 4 rings (SSSR count). The van der Waals surface area contributed by atoms with E-state index in [2.05, 4.69) is 5.10 Å². The molecule has 0 fully saturated rings. The topological polar surface area (TPSA) is 81.2 Å². The third kappa shape index (κ3) is 4.16. The van der Waals surface area contributed by atoms with Crippen LogP contribution < -0.4 is 10.6 Å². The number of aromatic nitrogens is 2. The maximum absolute atomic E-state index is 13.1. The minimum absolute atomic E-state index is 0.301. The first kappa shape index (κ1) is 20.6. The molecule has 31 heavy (non-hydrogen) atoms. The molecule has 160 valence electrons. The summed E-state index contributed by atoms with van der Waals surface area (Å²) in [5.74, 6) is -0.809. The van der Waals surface area contributed by atoms with Crippen LogP contribution in [0.1, 0.15) is 37.5 Å². The Morgan fingerprint density at radius 1 is 1.06 bits per heavy atom. The van der Waals surface area contributed by atoms with E-state index in [1.807, 2.05) is 6.07 Å². The zero-order valence-corrected chi connectivity index (χ0v) is 16.4. The van der Waals surface area contributed by atoms with Gasteiger partial charge in [0.1, 0.15) is 5.69 Å². The molecule has 0 spiro atoms. The molecule has 1 aliphatic rings. The summed E-state index contributed by atoms with van der Waals surface area (Å²) in [5.41, 5.74) is 7.46. The Morgan fingerprint density at radius 3 is 2.48 bits per heavy atom. The van der Waals surface area contributed by atoms with Crippen molar-refractivity contribution < 1.29 is 22.8 Å². The van der Waals surface area contributed by atoms with Gasteiger partial charge in [0.2, 0.25) is 5.91 Å². The molecular formula is C22H19F3N4O2. The van der Waals surface area contributed by atoms with Crippen molar-refractivity contribution in [1.29, 1.82) is 0 Å². The van der Waals surface area contributed by atoms with Gasteiger partial charge in [-0.1, -0.05) is 12.1 Å². The Morgan fingerprint density at radius 2 is 1.81 bits per heavy atom. The minimum Gasteiger partial charge on any atom is -0.366 e. The summed E-state index contributed by atoms with van der Waals surface area (Å²) in [6.07, 6.45) is -1.69. The van der Waals surface area contributed by atoms with E-state index in [0.717, 1.165) is 23.3 Å². The second-order valence-corrected chi connectivity index (χ2v) is 7.31. The van der Waals surface area contributed by atoms with E-state index in [0.29, 0.717) is 42.9 Å². The van der Waals surface area contributed by atoms with Crippen LogP contribution in [0.2, 0.25) is 0 Å². The van der Waals surface area contributed by atoms with Gasteiger partial charge in [0.15, 0.2) is 0 Å². The number of benzene rings is 2. The number of rotatable bonds is 5. The quantitative estimate of drug-likeness (QED) is 0.676. The number of fused-ring (bicyclic) bond motifs is 1. The number of hydrogen-bond donors (Lipinski definition) is 1. The fourth-order valence-corrected chi connectivity index (χ4v) is 3.68. The molecule has 1 aliphatic heterocycles. The number of primary amides is 1. The van der Waals surface area contributed by atoms with E-state index in [4.69, 9.17) is 5.73 Å². The van der Waals surface area contributed by atoms with Gasteiger partial charge < -0.3 is 10.6 Å². The van der Waals surface area contributed by atoms with Crippen molar-refractivity contribution in [2.45, 2.75) is 25.6 Å². The highest BCUT2D eigenvalue weighted by molar-refractivity contribution is 6.06. The Labute approximate surface area is 176 Å². The molecule has 6 nitrogen and oxygen atoms in total. The summed E-state index contributed by atoms with van der Waals surface area (Å²) in [6, 6.07) is 11.5. The number of carbonyl (C=O) groups excluding carboxylic acids is 2. The lowest BCUT2D eigenvalue weighted by Crippen LogP contribution is -2.41. The maximum atomic E-state index is 13.1. The number of hydrogen-bond acceptors (Lipinski definition) is 3. The molecule has 2 heterocycles. The molecule has 0 radical (unpaired) electrons. The van der Waals surface area contributed by atoms with Crippen LogP contribution in [0.5, 0.6) is 0 Å². The van der Waals surface area contributed by atoms with Gasteiger partial charge in [-0.3, -0.25) is 14.3 Å². The second kappa shape index (κ2) is 7.90. The molecule has 2 amide bonds. The number of alkyl halides is 3. The molecule has 0 saturated heterocycles. The van der Waals surface area contributed by atoms with Crippen molar-refractivity contribution in [3.63, 3.8) is 0 Å². The van der Waals surface area contributed by atoms with Gasteiger partial charge in [0.05, 0.1) is 18.3 Å². The summed E-state index contributed by atoms with van der Waals surface area (Å²) in [4.78, 5) is 25.9. The molecular weight excluding hydrogens is 409 g/mol. The van der Waals surface area contributed by atoms with Crippen molar-refractivity contribution in [3.8, 4) is 0 Å².